The van der Waals surface area contributed by atoms with Crippen molar-refractivity contribution in [2.24, 2.45) is 5.73 Å². The zero-order valence-electron chi connectivity index (χ0n) is 10.1. The number of benzene rings is 1. The van der Waals surface area contributed by atoms with Gasteiger partial charge in [-0.2, -0.15) is 0 Å². The third kappa shape index (κ3) is 2.26. The lowest BCUT2D eigenvalue weighted by molar-refractivity contribution is -0.122. The monoisotopic (exact) mass is 264 g/mol. The highest BCUT2D eigenvalue weighted by molar-refractivity contribution is 7.13. The van der Waals surface area contributed by atoms with Crippen LogP contribution in [0.1, 0.15) is 19.5 Å². The van der Waals surface area contributed by atoms with Crippen LogP contribution >= 0.6 is 11.3 Å². The Hall–Kier alpha value is -1.75. The Balaban J connectivity index is 2.37. The number of carbonyl (C=O) groups excluding carboxylic acids is 1. The third-order valence-electron chi connectivity index (χ3n) is 2.85. The summed E-state index contributed by atoms with van der Waals surface area (Å²) in [6.45, 7) is 3.47. The molecule has 0 aliphatic rings. The largest absolute Gasteiger partial charge is 0.369 e. The van der Waals surface area contributed by atoms with Gasteiger partial charge in [-0.3, -0.25) is 4.79 Å². The first-order chi connectivity index (χ1) is 8.41. The fourth-order valence-electron chi connectivity index (χ4n) is 1.41. The molecule has 0 saturated carbocycles. The van der Waals surface area contributed by atoms with Crippen molar-refractivity contribution in [2.45, 2.75) is 19.3 Å². The molecule has 0 radical (unpaired) electrons. The molecule has 0 unspecified atom stereocenters. The normalized spacial score (nSPS) is 11.5. The van der Waals surface area contributed by atoms with Crippen LogP contribution in [0.4, 0.5) is 4.39 Å². The van der Waals surface area contributed by atoms with Crippen molar-refractivity contribution in [3.05, 3.63) is 41.2 Å². The van der Waals surface area contributed by atoms with E-state index in [1.165, 1.54) is 23.5 Å². The second-order valence-electron chi connectivity index (χ2n) is 4.53. The molecule has 5 heteroatoms. The van der Waals surface area contributed by atoms with Crippen molar-refractivity contribution in [3.8, 4) is 10.6 Å². The van der Waals surface area contributed by atoms with E-state index < -0.39 is 11.3 Å². The van der Waals surface area contributed by atoms with Crippen LogP contribution in [0.15, 0.2) is 29.6 Å². The van der Waals surface area contributed by atoms with Crippen molar-refractivity contribution < 1.29 is 9.18 Å². The maximum absolute atomic E-state index is 12.8. The van der Waals surface area contributed by atoms with Crippen LogP contribution in [0.3, 0.4) is 0 Å². The molecule has 2 aromatic rings. The first kappa shape index (κ1) is 12.7. The van der Waals surface area contributed by atoms with E-state index in [2.05, 4.69) is 4.98 Å². The molecule has 2 N–H and O–H groups in total. The van der Waals surface area contributed by atoms with Crippen LogP contribution in [0.25, 0.3) is 10.6 Å². The summed E-state index contributed by atoms with van der Waals surface area (Å²) in [5.41, 5.74) is 6.01. The molecule has 3 nitrogen and oxygen atoms in total. The highest BCUT2D eigenvalue weighted by Crippen LogP contribution is 2.29. The number of aromatic nitrogens is 1. The molecule has 0 saturated heterocycles. The van der Waals surface area contributed by atoms with E-state index in [0.29, 0.717) is 5.69 Å². The molecule has 0 aliphatic carbocycles. The molecule has 1 heterocycles. The highest BCUT2D eigenvalue weighted by Gasteiger charge is 2.30. The second kappa shape index (κ2) is 4.49. The Morgan fingerprint density at radius 3 is 2.50 bits per heavy atom. The van der Waals surface area contributed by atoms with Crippen molar-refractivity contribution in [2.75, 3.05) is 0 Å². The van der Waals surface area contributed by atoms with Gasteiger partial charge in [-0.15, -0.1) is 11.3 Å². The number of hydrogen-bond donors (Lipinski definition) is 1. The highest BCUT2D eigenvalue weighted by atomic mass is 32.1. The fraction of sp³-hybridized carbons (Fsp3) is 0.231. The molecule has 0 fully saturated rings. The van der Waals surface area contributed by atoms with Crippen LogP contribution in [-0.2, 0) is 10.2 Å². The maximum atomic E-state index is 12.8. The van der Waals surface area contributed by atoms with Gasteiger partial charge < -0.3 is 5.73 Å². The number of carbonyl (C=O) groups is 1. The summed E-state index contributed by atoms with van der Waals surface area (Å²) >= 11 is 1.41. The van der Waals surface area contributed by atoms with Crippen LogP contribution in [-0.4, -0.2) is 10.9 Å². The minimum absolute atomic E-state index is 0.284. The molecule has 18 heavy (non-hydrogen) atoms. The van der Waals surface area contributed by atoms with Crippen LogP contribution < -0.4 is 5.73 Å². The van der Waals surface area contributed by atoms with E-state index in [0.717, 1.165) is 10.6 Å². The Labute approximate surface area is 108 Å². The summed E-state index contributed by atoms with van der Waals surface area (Å²) in [5, 5.41) is 2.56. The molecule has 1 amide bonds. The molecule has 0 bridgehead atoms. The SMILES string of the molecule is CC(C)(C(N)=O)c1csc(-c2ccc(F)cc2)n1. The summed E-state index contributed by atoms with van der Waals surface area (Å²) in [6.07, 6.45) is 0. The lowest BCUT2D eigenvalue weighted by Crippen LogP contribution is -2.35. The van der Waals surface area contributed by atoms with Crippen molar-refractivity contribution in [1.29, 1.82) is 0 Å². The number of nitrogens with zero attached hydrogens (tertiary/aromatic N) is 1. The van der Waals surface area contributed by atoms with Gasteiger partial charge in [0.1, 0.15) is 10.8 Å². The summed E-state index contributed by atoms with van der Waals surface area (Å²) in [4.78, 5) is 15.7. The standard InChI is InChI=1S/C13H13FN2OS/c1-13(2,12(15)17)10-7-18-11(16-10)8-3-5-9(14)6-4-8/h3-7H,1-2H3,(H2,15,17). The van der Waals surface area contributed by atoms with Gasteiger partial charge in [-0.1, -0.05) is 0 Å². The summed E-state index contributed by atoms with van der Waals surface area (Å²) in [5.74, 6) is -0.702. The Morgan fingerprint density at radius 2 is 1.94 bits per heavy atom. The molecule has 1 aromatic carbocycles. The van der Waals surface area contributed by atoms with Gasteiger partial charge in [0.05, 0.1) is 11.1 Å². The van der Waals surface area contributed by atoms with Gasteiger partial charge >= 0.3 is 0 Å². The van der Waals surface area contributed by atoms with Crippen molar-refractivity contribution in [1.82, 2.24) is 4.98 Å². The molecule has 0 spiro atoms. The fourth-order valence-corrected chi connectivity index (χ4v) is 2.41. The van der Waals surface area contributed by atoms with Crippen LogP contribution in [0.2, 0.25) is 0 Å². The zero-order chi connectivity index (χ0) is 13.3. The molecule has 2 rings (SSSR count). The van der Waals surface area contributed by atoms with E-state index in [-0.39, 0.29) is 5.82 Å². The first-order valence-corrected chi connectivity index (χ1v) is 6.31. The van der Waals surface area contributed by atoms with E-state index in [1.54, 1.807) is 26.0 Å². The van der Waals surface area contributed by atoms with Gasteiger partial charge in [-0.25, -0.2) is 9.37 Å². The number of halogens is 1. The average Bonchev–Trinajstić information content (AvgIpc) is 2.79. The number of nitrogens with two attached hydrogens (primary N) is 1. The van der Waals surface area contributed by atoms with Crippen molar-refractivity contribution in [3.63, 3.8) is 0 Å². The Kier molecular flexibility index (Phi) is 3.17. The van der Waals surface area contributed by atoms with Gasteiger partial charge in [0, 0.05) is 10.9 Å². The van der Waals surface area contributed by atoms with E-state index >= 15 is 0 Å². The topological polar surface area (TPSA) is 56.0 Å². The number of thiazole rings is 1. The van der Waals surface area contributed by atoms with Gasteiger partial charge in [0.2, 0.25) is 5.91 Å². The molecule has 1 aromatic heterocycles. The van der Waals surface area contributed by atoms with Crippen LogP contribution in [0, 0.1) is 5.82 Å². The van der Waals surface area contributed by atoms with Gasteiger partial charge in [0.15, 0.2) is 0 Å². The Bertz CT molecular complexity index is 575. The third-order valence-corrected chi connectivity index (χ3v) is 3.74. The second-order valence-corrected chi connectivity index (χ2v) is 5.39. The predicted molar refractivity (Wildman–Crippen MR) is 69.7 cm³/mol. The molecule has 94 valence electrons. The van der Waals surface area contributed by atoms with Crippen LogP contribution in [0.5, 0.6) is 0 Å². The zero-order valence-corrected chi connectivity index (χ0v) is 10.9. The van der Waals surface area contributed by atoms with E-state index in [4.69, 9.17) is 5.73 Å². The number of amides is 1. The van der Waals surface area contributed by atoms with Crippen molar-refractivity contribution >= 4 is 17.2 Å². The van der Waals surface area contributed by atoms with Gasteiger partial charge in [-0.05, 0) is 38.1 Å². The lowest BCUT2D eigenvalue weighted by Gasteiger charge is -2.17. The quantitative estimate of drug-likeness (QED) is 0.926. The summed E-state index contributed by atoms with van der Waals surface area (Å²) in [7, 11) is 0. The lowest BCUT2D eigenvalue weighted by atomic mass is 9.89. The number of hydrogen-bond acceptors (Lipinski definition) is 3. The molecule has 0 atom stereocenters. The minimum atomic E-state index is -0.797. The number of rotatable bonds is 3. The molecule has 0 aliphatic heterocycles. The first-order valence-electron chi connectivity index (χ1n) is 5.43. The Morgan fingerprint density at radius 1 is 1.33 bits per heavy atom. The summed E-state index contributed by atoms with van der Waals surface area (Å²) < 4.78 is 12.8. The predicted octanol–water partition coefficient (Wildman–Crippen LogP) is 2.71. The van der Waals surface area contributed by atoms with Gasteiger partial charge in [0.25, 0.3) is 0 Å². The molecular formula is C13H13FN2OS. The summed E-state index contributed by atoms with van der Waals surface area (Å²) in [6, 6.07) is 6.09. The van der Waals surface area contributed by atoms with E-state index in [1.807, 2.05) is 5.38 Å². The maximum Gasteiger partial charge on any atom is 0.229 e. The smallest absolute Gasteiger partial charge is 0.229 e. The minimum Gasteiger partial charge on any atom is -0.369 e. The molecular weight excluding hydrogens is 251 g/mol. The average molecular weight is 264 g/mol. The number of primary amides is 1. The van der Waals surface area contributed by atoms with E-state index in [9.17, 15) is 9.18 Å².